The van der Waals surface area contributed by atoms with E-state index in [0.29, 0.717) is 19.3 Å². The van der Waals surface area contributed by atoms with E-state index >= 15 is 0 Å². The molecule has 0 aromatic rings. The molecule has 0 saturated carbocycles. The summed E-state index contributed by atoms with van der Waals surface area (Å²) in [6, 6.07) is 0. The summed E-state index contributed by atoms with van der Waals surface area (Å²) >= 11 is 0. The van der Waals surface area contributed by atoms with E-state index in [4.69, 9.17) is 19.3 Å². The molecule has 0 aromatic heterocycles. The Bertz CT molecular complexity index is 264. The molecule has 98 valence electrons. The SMILES string of the molecule is CC(C)OC(=O)CCC1(CCCO)OC=CO1. The second kappa shape index (κ2) is 6.49. The highest BCUT2D eigenvalue weighted by molar-refractivity contribution is 5.69. The lowest BCUT2D eigenvalue weighted by atomic mass is 10.0. The molecule has 0 radical (unpaired) electrons. The molecule has 0 unspecified atom stereocenters. The van der Waals surface area contributed by atoms with Gasteiger partial charge in [0.15, 0.2) is 0 Å². The Labute approximate surface area is 101 Å². The van der Waals surface area contributed by atoms with Gasteiger partial charge >= 0.3 is 5.97 Å². The summed E-state index contributed by atoms with van der Waals surface area (Å²) in [5, 5.41) is 8.81. The van der Waals surface area contributed by atoms with Gasteiger partial charge in [-0.25, -0.2) is 0 Å². The molecule has 1 heterocycles. The van der Waals surface area contributed by atoms with E-state index in [1.807, 2.05) is 13.8 Å². The maximum Gasteiger partial charge on any atom is 0.306 e. The van der Waals surface area contributed by atoms with E-state index in [1.165, 1.54) is 12.5 Å². The Hall–Kier alpha value is -1.23. The summed E-state index contributed by atoms with van der Waals surface area (Å²) < 4.78 is 15.8. The molecular formula is C12H20O5. The smallest absolute Gasteiger partial charge is 0.306 e. The summed E-state index contributed by atoms with van der Waals surface area (Å²) in [5.41, 5.74) is 0. The van der Waals surface area contributed by atoms with E-state index in [1.54, 1.807) is 0 Å². The highest BCUT2D eigenvalue weighted by Crippen LogP contribution is 2.30. The Balaban J connectivity index is 2.37. The average molecular weight is 244 g/mol. The normalized spacial score (nSPS) is 16.7. The van der Waals surface area contributed by atoms with Crippen LogP contribution in [-0.2, 0) is 19.0 Å². The first-order valence-corrected chi connectivity index (χ1v) is 5.89. The highest BCUT2D eigenvalue weighted by Gasteiger charge is 2.35. The van der Waals surface area contributed by atoms with Crippen molar-refractivity contribution in [3.05, 3.63) is 12.5 Å². The first kappa shape index (κ1) is 13.8. The van der Waals surface area contributed by atoms with Gasteiger partial charge in [-0.1, -0.05) is 0 Å². The molecule has 1 aliphatic rings. The van der Waals surface area contributed by atoms with Crippen LogP contribution >= 0.6 is 0 Å². The van der Waals surface area contributed by atoms with Crippen LogP contribution in [0, 0.1) is 0 Å². The Kier molecular flexibility index (Phi) is 5.28. The summed E-state index contributed by atoms with van der Waals surface area (Å²) in [6.45, 7) is 3.69. The Morgan fingerprint density at radius 3 is 2.53 bits per heavy atom. The highest BCUT2D eigenvalue weighted by atomic mass is 16.7. The van der Waals surface area contributed by atoms with Gasteiger partial charge in [-0.2, -0.15) is 0 Å². The lowest BCUT2D eigenvalue weighted by Crippen LogP contribution is -2.31. The molecule has 0 aliphatic carbocycles. The summed E-state index contributed by atoms with van der Waals surface area (Å²) in [4.78, 5) is 11.4. The first-order chi connectivity index (χ1) is 8.08. The van der Waals surface area contributed by atoms with Crippen LogP contribution in [0.25, 0.3) is 0 Å². The van der Waals surface area contributed by atoms with Crippen LogP contribution in [0.2, 0.25) is 0 Å². The number of aliphatic hydroxyl groups excluding tert-OH is 1. The Morgan fingerprint density at radius 2 is 2.00 bits per heavy atom. The van der Waals surface area contributed by atoms with Crippen molar-refractivity contribution >= 4 is 5.97 Å². The summed E-state index contributed by atoms with van der Waals surface area (Å²) in [6.07, 6.45) is 4.60. The fourth-order valence-electron chi connectivity index (χ4n) is 1.65. The van der Waals surface area contributed by atoms with E-state index < -0.39 is 5.79 Å². The van der Waals surface area contributed by atoms with E-state index in [-0.39, 0.29) is 25.1 Å². The zero-order valence-electron chi connectivity index (χ0n) is 10.3. The number of rotatable bonds is 7. The maximum absolute atomic E-state index is 11.4. The molecule has 5 heteroatoms. The summed E-state index contributed by atoms with van der Waals surface area (Å²) in [5.74, 6) is -1.07. The number of ether oxygens (including phenoxy) is 3. The van der Waals surface area contributed by atoms with Crippen LogP contribution in [-0.4, -0.2) is 29.6 Å². The van der Waals surface area contributed by atoms with Gasteiger partial charge in [0.25, 0.3) is 0 Å². The second-order valence-electron chi connectivity index (χ2n) is 4.28. The van der Waals surface area contributed by atoms with Gasteiger partial charge in [0, 0.05) is 19.4 Å². The lowest BCUT2D eigenvalue weighted by Gasteiger charge is -2.27. The predicted molar refractivity (Wildman–Crippen MR) is 60.8 cm³/mol. The van der Waals surface area contributed by atoms with Crippen molar-refractivity contribution in [1.29, 1.82) is 0 Å². The third-order valence-electron chi connectivity index (χ3n) is 2.41. The monoisotopic (exact) mass is 244 g/mol. The quantitative estimate of drug-likeness (QED) is 0.690. The largest absolute Gasteiger partial charge is 0.463 e. The maximum atomic E-state index is 11.4. The van der Waals surface area contributed by atoms with Crippen LogP contribution in [0.4, 0.5) is 0 Å². The number of esters is 1. The first-order valence-electron chi connectivity index (χ1n) is 5.89. The van der Waals surface area contributed by atoms with Crippen LogP contribution in [0.5, 0.6) is 0 Å². The molecular weight excluding hydrogens is 224 g/mol. The van der Waals surface area contributed by atoms with E-state index in [2.05, 4.69) is 0 Å². The van der Waals surface area contributed by atoms with Crippen molar-refractivity contribution in [3.63, 3.8) is 0 Å². The predicted octanol–water partition coefficient (Wildman–Crippen LogP) is 1.70. The van der Waals surface area contributed by atoms with Crippen molar-refractivity contribution in [1.82, 2.24) is 0 Å². The number of carbonyl (C=O) groups is 1. The van der Waals surface area contributed by atoms with Crippen molar-refractivity contribution in [2.75, 3.05) is 6.61 Å². The van der Waals surface area contributed by atoms with Gasteiger partial charge in [-0.3, -0.25) is 4.79 Å². The zero-order chi connectivity index (χ0) is 12.7. The third kappa shape index (κ3) is 4.65. The molecule has 1 aliphatic heterocycles. The number of carbonyl (C=O) groups excluding carboxylic acids is 1. The molecule has 0 saturated heterocycles. The molecule has 1 N–H and O–H groups in total. The molecule has 0 spiro atoms. The van der Waals surface area contributed by atoms with Crippen molar-refractivity contribution in [2.45, 2.75) is 51.4 Å². The van der Waals surface area contributed by atoms with Gasteiger partial charge in [-0.15, -0.1) is 0 Å². The third-order valence-corrected chi connectivity index (χ3v) is 2.41. The molecule has 0 atom stereocenters. The molecule has 0 aromatic carbocycles. The minimum Gasteiger partial charge on any atom is -0.463 e. The summed E-state index contributed by atoms with van der Waals surface area (Å²) in [7, 11) is 0. The van der Waals surface area contributed by atoms with Crippen LogP contribution in [0.3, 0.4) is 0 Å². The molecule has 5 nitrogen and oxygen atoms in total. The number of hydrogen-bond donors (Lipinski definition) is 1. The topological polar surface area (TPSA) is 65.0 Å². The van der Waals surface area contributed by atoms with Crippen molar-refractivity contribution in [2.24, 2.45) is 0 Å². The standard InChI is InChI=1S/C12H20O5/c1-10(2)17-11(14)4-6-12(5-3-7-13)15-8-9-16-12/h8-10,13H,3-7H2,1-2H3. The molecule has 0 fully saturated rings. The minimum absolute atomic E-state index is 0.0743. The fraction of sp³-hybridized carbons (Fsp3) is 0.750. The van der Waals surface area contributed by atoms with Crippen molar-refractivity contribution < 1.29 is 24.1 Å². The zero-order valence-corrected chi connectivity index (χ0v) is 10.3. The van der Waals surface area contributed by atoms with Gasteiger partial charge in [0.1, 0.15) is 12.5 Å². The lowest BCUT2D eigenvalue weighted by molar-refractivity contribution is -0.167. The van der Waals surface area contributed by atoms with E-state index in [9.17, 15) is 4.79 Å². The molecule has 0 amide bonds. The van der Waals surface area contributed by atoms with Gasteiger partial charge < -0.3 is 19.3 Å². The number of hydrogen-bond acceptors (Lipinski definition) is 5. The molecule has 0 bridgehead atoms. The average Bonchev–Trinajstić information content (AvgIpc) is 2.72. The second-order valence-corrected chi connectivity index (χ2v) is 4.28. The Morgan fingerprint density at radius 1 is 1.35 bits per heavy atom. The van der Waals surface area contributed by atoms with Gasteiger partial charge in [0.05, 0.1) is 12.5 Å². The molecule has 17 heavy (non-hydrogen) atoms. The molecule has 1 rings (SSSR count). The van der Waals surface area contributed by atoms with Crippen molar-refractivity contribution in [3.8, 4) is 0 Å². The van der Waals surface area contributed by atoms with Crippen LogP contribution in [0.1, 0.15) is 39.5 Å². The van der Waals surface area contributed by atoms with E-state index in [0.717, 1.165) is 0 Å². The van der Waals surface area contributed by atoms with Crippen LogP contribution in [0.15, 0.2) is 12.5 Å². The minimum atomic E-state index is -0.807. The van der Waals surface area contributed by atoms with Gasteiger partial charge in [-0.05, 0) is 20.3 Å². The van der Waals surface area contributed by atoms with Gasteiger partial charge in [0.2, 0.25) is 5.79 Å². The van der Waals surface area contributed by atoms with Crippen LogP contribution < -0.4 is 0 Å². The fourth-order valence-corrected chi connectivity index (χ4v) is 1.65. The number of aliphatic hydroxyl groups is 1.